The summed E-state index contributed by atoms with van der Waals surface area (Å²) in [7, 11) is 0. The van der Waals surface area contributed by atoms with Crippen LogP contribution in [-0.2, 0) is 9.59 Å². The first-order chi connectivity index (χ1) is 25.2. The highest BCUT2D eigenvalue weighted by atomic mass is 79.9. The van der Waals surface area contributed by atoms with E-state index in [2.05, 4.69) is 36.9 Å². The lowest BCUT2D eigenvalue weighted by Crippen LogP contribution is -2.30. The smallest absolute Gasteiger partial charge is 0.272 e. The summed E-state index contributed by atoms with van der Waals surface area (Å²) < 4.78 is 0.822. The first-order valence-corrected chi connectivity index (χ1v) is 18.2. The lowest BCUT2D eigenvalue weighted by Gasteiger charge is -2.17. The zero-order chi connectivity index (χ0) is 36.5. The number of halogens is 1. The van der Waals surface area contributed by atoms with Gasteiger partial charge in [0, 0.05) is 43.7 Å². The van der Waals surface area contributed by atoms with Crippen molar-refractivity contribution in [2.75, 3.05) is 10.6 Å². The minimum absolute atomic E-state index is 0.0467. The van der Waals surface area contributed by atoms with Crippen molar-refractivity contribution in [3.63, 3.8) is 0 Å². The van der Waals surface area contributed by atoms with Crippen LogP contribution in [0.1, 0.15) is 26.7 Å². The molecule has 0 bridgehead atoms. The lowest BCUT2D eigenvalue weighted by atomic mass is 10.1. The molecule has 0 fully saturated rings. The third-order valence-corrected chi connectivity index (χ3v) is 10.00. The number of thioether (sulfide) groups is 1. The van der Waals surface area contributed by atoms with Crippen LogP contribution >= 0.6 is 39.0 Å². The van der Waals surface area contributed by atoms with Crippen LogP contribution in [0.15, 0.2) is 154 Å². The number of hydrogen-bond donors (Lipinski definition) is 3. The van der Waals surface area contributed by atoms with Crippen molar-refractivity contribution < 1.29 is 19.3 Å². The van der Waals surface area contributed by atoms with Gasteiger partial charge in [-0.3, -0.25) is 24.5 Å². The number of benzene rings is 5. The fraction of sp³-hybridized carbons (Fsp3) is 0.0256. The SMILES string of the molecule is O=C(Nc1ccc(SC(C(=O)Nc2nc(-c3cccc([N+](=O)[O-])c3)cs2)c2ccccc2)cc1)/C(=C/c1cccc(Br)c1)NC(=O)c1ccccc1. The molecule has 1 heterocycles. The maximum atomic E-state index is 13.7. The number of nitro benzene ring substituents is 1. The predicted molar refractivity (Wildman–Crippen MR) is 209 cm³/mol. The molecule has 0 aliphatic carbocycles. The summed E-state index contributed by atoms with van der Waals surface area (Å²) in [5.41, 5.74) is 3.47. The molecular formula is C39H28BrN5O5S2. The second-order valence-electron chi connectivity index (χ2n) is 11.2. The van der Waals surface area contributed by atoms with Gasteiger partial charge in [0.25, 0.3) is 17.5 Å². The number of thiazole rings is 1. The molecule has 0 spiro atoms. The van der Waals surface area contributed by atoms with Crippen molar-refractivity contribution in [1.82, 2.24) is 10.3 Å². The summed E-state index contributed by atoms with van der Waals surface area (Å²) in [4.78, 5) is 56.3. The van der Waals surface area contributed by atoms with E-state index in [9.17, 15) is 24.5 Å². The zero-order valence-electron chi connectivity index (χ0n) is 27.1. The molecule has 6 aromatic rings. The molecule has 0 saturated heterocycles. The van der Waals surface area contributed by atoms with Gasteiger partial charge in [-0.05, 0) is 65.7 Å². The molecule has 0 aliphatic heterocycles. The number of nitrogens with one attached hydrogen (secondary N) is 3. The molecule has 258 valence electrons. The van der Waals surface area contributed by atoms with Gasteiger partial charge in [-0.1, -0.05) is 88.7 Å². The molecule has 3 amide bonds. The van der Waals surface area contributed by atoms with Crippen molar-refractivity contribution in [2.24, 2.45) is 0 Å². The van der Waals surface area contributed by atoms with E-state index < -0.39 is 22.0 Å². The quantitative estimate of drug-likeness (QED) is 0.0485. The van der Waals surface area contributed by atoms with Gasteiger partial charge in [0.05, 0.1) is 10.6 Å². The van der Waals surface area contributed by atoms with Gasteiger partial charge in [0.15, 0.2) is 5.13 Å². The lowest BCUT2D eigenvalue weighted by molar-refractivity contribution is -0.384. The van der Waals surface area contributed by atoms with Crippen molar-refractivity contribution in [3.05, 3.63) is 176 Å². The molecule has 3 N–H and O–H groups in total. The molecule has 1 aromatic heterocycles. The summed E-state index contributed by atoms with van der Waals surface area (Å²) in [5.74, 6) is -1.24. The largest absolute Gasteiger partial charge is 0.321 e. The van der Waals surface area contributed by atoms with Crippen molar-refractivity contribution >= 4 is 79.3 Å². The Labute approximate surface area is 315 Å². The van der Waals surface area contributed by atoms with Crippen LogP contribution in [0.25, 0.3) is 17.3 Å². The number of carbonyl (C=O) groups excluding carboxylic acids is 3. The number of rotatable bonds is 12. The molecule has 0 saturated carbocycles. The standard InChI is InChI=1S/C39H28BrN5O5S2/c40-29-15-7-9-25(21-29)22-33(42-36(46)27-12-5-2-6-13-27)37(47)41-30-17-19-32(20-18-30)52-35(26-10-3-1-4-11-26)38(48)44-39-43-34(24-51-39)28-14-8-16-31(23-28)45(49)50/h1-24,35H,(H,41,47)(H,42,46)(H,43,44,48)/b33-22-. The Balaban J connectivity index is 1.17. The van der Waals surface area contributed by atoms with Gasteiger partial charge in [-0.2, -0.15) is 0 Å². The topological polar surface area (TPSA) is 143 Å². The number of carbonyl (C=O) groups is 3. The molecule has 0 radical (unpaired) electrons. The van der Waals surface area contributed by atoms with Crippen LogP contribution in [0.5, 0.6) is 0 Å². The van der Waals surface area contributed by atoms with Crippen molar-refractivity contribution in [1.29, 1.82) is 0 Å². The maximum absolute atomic E-state index is 13.7. The van der Waals surface area contributed by atoms with Crippen LogP contribution in [0.3, 0.4) is 0 Å². The van der Waals surface area contributed by atoms with Crippen LogP contribution in [0.4, 0.5) is 16.5 Å². The number of non-ortho nitro benzene ring substituents is 1. The second-order valence-corrected chi connectivity index (χ2v) is 14.1. The third kappa shape index (κ3) is 9.46. The number of hydrogen-bond acceptors (Lipinski definition) is 8. The number of nitro groups is 1. The number of amides is 3. The van der Waals surface area contributed by atoms with Gasteiger partial charge in [-0.25, -0.2) is 4.98 Å². The number of anilines is 2. The van der Waals surface area contributed by atoms with Gasteiger partial charge in [0.1, 0.15) is 10.9 Å². The van der Waals surface area contributed by atoms with Crippen molar-refractivity contribution in [3.8, 4) is 11.3 Å². The fourth-order valence-electron chi connectivity index (χ4n) is 4.97. The van der Waals surface area contributed by atoms with Gasteiger partial charge >= 0.3 is 0 Å². The van der Waals surface area contributed by atoms with Crippen molar-refractivity contribution in [2.45, 2.75) is 10.1 Å². The molecule has 1 unspecified atom stereocenters. The highest BCUT2D eigenvalue weighted by molar-refractivity contribution is 9.10. The maximum Gasteiger partial charge on any atom is 0.272 e. The first-order valence-electron chi connectivity index (χ1n) is 15.7. The third-order valence-electron chi connectivity index (χ3n) is 7.48. The van der Waals surface area contributed by atoms with E-state index in [1.165, 1.54) is 35.2 Å². The number of aromatic nitrogens is 1. The van der Waals surface area contributed by atoms with E-state index in [4.69, 9.17) is 0 Å². The summed E-state index contributed by atoms with van der Waals surface area (Å²) in [6.07, 6.45) is 1.60. The van der Waals surface area contributed by atoms with Crippen LogP contribution in [-0.4, -0.2) is 27.6 Å². The second kappa shape index (κ2) is 16.9. The highest BCUT2D eigenvalue weighted by Gasteiger charge is 2.24. The monoisotopic (exact) mass is 789 g/mol. The summed E-state index contributed by atoms with van der Waals surface area (Å²) in [6, 6.07) is 38.5. The van der Waals surface area contributed by atoms with E-state index >= 15 is 0 Å². The first kappa shape index (κ1) is 35.9. The Bertz CT molecular complexity index is 2260. The highest BCUT2D eigenvalue weighted by Crippen LogP contribution is 2.37. The van der Waals surface area contributed by atoms with E-state index in [0.717, 1.165) is 14.9 Å². The normalized spacial score (nSPS) is 11.7. The fourth-order valence-corrected chi connectivity index (χ4v) is 7.14. The van der Waals surface area contributed by atoms with E-state index in [0.29, 0.717) is 33.2 Å². The van der Waals surface area contributed by atoms with Crippen LogP contribution in [0.2, 0.25) is 0 Å². The Kier molecular flexibility index (Phi) is 11.7. The molecular weight excluding hydrogens is 762 g/mol. The molecule has 6 rings (SSSR count). The van der Waals surface area contributed by atoms with E-state index in [-0.39, 0.29) is 17.3 Å². The predicted octanol–water partition coefficient (Wildman–Crippen LogP) is 9.36. The average molecular weight is 791 g/mol. The molecule has 5 aromatic carbocycles. The average Bonchev–Trinajstić information content (AvgIpc) is 3.63. The summed E-state index contributed by atoms with van der Waals surface area (Å²) >= 11 is 5.99. The number of nitrogens with zero attached hydrogens (tertiary/aromatic N) is 2. The molecule has 0 aliphatic rings. The molecule has 52 heavy (non-hydrogen) atoms. The van der Waals surface area contributed by atoms with Crippen LogP contribution in [0, 0.1) is 10.1 Å². The van der Waals surface area contributed by atoms with Gasteiger partial charge in [0.2, 0.25) is 5.91 Å². The minimum Gasteiger partial charge on any atom is -0.321 e. The van der Waals surface area contributed by atoms with E-state index in [1.807, 2.05) is 54.6 Å². The zero-order valence-corrected chi connectivity index (χ0v) is 30.3. The Hall–Kier alpha value is -5.89. The summed E-state index contributed by atoms with van der Waals surface area (Å²) in [5, 5.41) is 21.2. The Morgan fingerprint density at radius 1 is 0.827 bits per heavy atom. The molecule has 1 atom stereocenters. The Morgan fingerprint density at radius 2 is 1.54 bits per heavy atom. The van der Waals surface area contributed by atoms with E-state index in [1.54, 1.807) is 78.2 Å². The van der Waals surface area contributed by atoms with Gasteiger partial charge < -0.3 is 16.0 Å². The minimum atomic E-state index is -0.653. The molecule has 10 nitrogen and oxygen atoms in total. The van der Waals surface area contributed by atoms with Gasteiger partial charge in [-0.15, -0.1) is 23.1 Å². The van der Waals surface area contributed by atoms with Crippen LogP contribution < -0.4 is 16.0 Å². The molecule has 13 heteroatoms. The Morgan fingerprint density at radius 3 is 2.25 bits per heavy atom. The summed E-state index contributed by atoms with van der Waals surface area (Å²) in [6.45, 7) is 0.